The molecule has 82 valence electrons. The second-order valence-corrected chi connectivity index (χ2v) is 3.75. The number of amides is 1. The minimum absolute atomic E-state index is 0.269. The summed E-state index contributed by atoms with van der Waals surface area (Å²) in [5.74, 6) is -0.269. The highest BCUT2D eigenvalue weighted by molar-refractivity contribution is 5.73. The first-order valence-electron chi connectivity index (χ1n) is 4.72. The number of hydrogen-bond acceptors (Lipinski definition) is 4. The molecule has 0 radical (unpaired) electrons. The van der Waals surface area contributed by atoms with Crippen molar-refractivity contribution < 1.29 is 19.7 Å². The Morgan fingerprint density at radius 1 is 1.21 bits per heavy atom. The molecule has 0 aliphatic carbocycles. The van der Waals surface area contributed by atoms with Gasteiger partial charge in [-0.25, -0.2) is 0 Å². The average molecular weight is 203 g/mol. The van der Waals surface area contributed by atoms with E-state index in [-0.39, 0.29) is 18.1 Å². The Kier molecular flexibility index (Phi) is 3.47. The smallest absolute Gasteiger partial charge is 0.217 e. The molecule has 0 bridgehead atoms. The Morgan fingerprint density at radius 3 is 2.00 bits per heavy atom. The van der Waals surface area contributed by atoms with Crippen LogP contribution in [0, 0.1) is 0 Å². The van der Waals surface area contributed by atoms with Crippen LogP contribution < -0.4 is 5.32 Å². The van der Waals surface area contributed by atoms with E-state index in [1.54, 1.807) is 13.8 Å². The molecule has 1 rings (SSSR count). The first kappa shape index (κ1) is 11.4. The minimum atomic E-state index is -0.870. The summed E-state index contributed by atoms with van der Waals surface area (Å²) < 4.78 is 5.27. The van der Waals surface area contributed by atoms with Crippen LogP contribution in [0.1, 0.15) is 20.8 Å². The summed E-state index contributed by atoms with van der Waals surface area (Å²) in [7, 11) is 0. The van der Waals surface area contributed by atoms with E-state index in [9.17, 15) is 15.0 Å². The van der Waals surface area contributed by atoms with Crippen molar-refractivity contribution in [2.24, 2.45) is 0 Å². The van der Waals surface area contributed by atoms with Gasteiger partial charge >= 0.3 is 0 Å². The molecule has 0 spiro atoms. The van der Waals surface area contributed by atoms with Crippen molar-refractivity contribution in [2.45, 2.75) is 51.2 Å². The zero-order chi connectivity index (χ0) is 10.9. The fourth-order valence-corrected chi connectivity index (χ4v) is 1.69. The average Bonchev–Trinajstić information content (AvgIpc) is 2.09. The van der Waals surface area contributed by atoms with E-state index >= 15 is 0 Å². The maximum Gasteiger partial charge on any atom is 0.217 e. The van der Waals surface area contributed by atoms with E-state index in [1.165, 1.54) is 6.92 Å². The molecule has 1 aliphatic rings. The van der Waals surface area contributed by atoms with Gasteiger partial charge in [-0.15, -0.1) is 0 Å². The maximum absolute atomic E-state index is 10.8. The first-order valence-corrected chi connectivity index (χ1v) is 4.72. The third-order valence-corrected chi connectivity index (χ3v) is 2.50. The summed E-state index contributed by atoms with van der Waals surface area (Å²) in [6, 6.07) is -0.647. The van der Waals surface area contributed by atoms with Crippen molar-refractivity contribution in [3.8, 4) is 0 Å². The molecule has 1 unspecified atom stereocenters. The largest absolute Gasteiger partial charge is 0.388 e. The third-order valence-electron chi connectivity index (χ3n) is 2.50. The lowest BCUT2D eigenvalue weighted by atomic mass is 9.94. The number of aliphatic hydroxyl groups is 2. The summed E-state index contributed by atoms with van der Waals surface area (Å²) in [4.78, 5) is 10.8. The predicted octanol–water partition coefficient (Wildman–Crippen LogP) is -0.980. The van der Waals surface area contributed by atoms with Crippen LogP contribution in [0.3, 0.4) is 0 Å². The van der Waals surface area contributed by atoms with Gasteiger partial charge in [0.25, 0.3) is 0 Å². The van der Waals surface area contributed by atoms with E-state index in [0.717, 1.165) is 0 Å². The maximum atomic E-state index is 10.8. The van der Waals surface area contributed by atoms with Crippen molar-refractivity contribution in [1.82, 2.24) is 5.32 Å². The summed E-state index contributed by atoms with van der Waals surface area (Å²) in [6.45, 7) is 4.77. The van der Waals surface area contributed by atoms with Crippen LogP contribution in [0.4, 0.5) is 0 Å². The molecule has 0 aromatic carbocycles. The zero-order valence-corrected chi connectivity index (χ0v) is 8.60. The molecule has 0 aromatic heterocycles. The van der Waals surface area contributed by atoms with Crippen molar-refractivity contribution in [2.75, 3.05) is 0 Å². The van der Waals surface area contributed by atoms with Gasteiger partial charge in [0.15, 0.2) is 0 Å². The molecule has 5 heteroatoms. The third kappa shape index (κ3) is 2.23. The summed E-state index contributed by atoms with van der Waals surface area (Å²) in [6.07, 6.45) is -2.51. The van der Waals surface area contributed by atoms with Gasteiger partial charge in [-0.3, -0.25) is 4.79 Å². The highest BCUT2D eigenvalue weighted by atomic mass is 16.5. The molecule has 0 saturated carbocycles. The standard InChI is InChI=1S/C9H17NO4/c1-4-8(12)7(10-6(3)11)9(13)5(2)14-4/h4-5,7-9,12-13H,1-3H3,(H,10,11)/t4-,5+,7?,8-,9-/m1/s1. The number of carbonyl (C=O) groups is 1. The molecule has 3 N–H and O–H groups in total. The molecule has 1 heterocycles. The normalized spacial score (nSPS) is 43.4. The second kappa shape index (κ2) is 4.25. The minimum Gasteiger partial charge on any atom is -0.388 e. The highest BCUT2D eigenvalue weighted by Gasteiger charge is 2.40. The molecule has 5 atom stereocenters. The number of ether oxygens (including phenoxy) is 1. The number of rotatable bonds is 1. The van der Waals surface area contributed by atoms with E-state index in [2.05, 4.69) is 5.32 Å². The molecular weight excluding hydrogens is 186 g/mol. The van der Waals surface area contributed by atoms with Gasteiger partial charge in [0.1, 0.15) is 12.2 Å². The van der Waals surface area contributed by atoms with Crippen LogP contribution in [0.2, 0.25) is 0 Å². The molecule has 1 aliphatic heterocycles. The molecule has 1 fully saturated rings. The highest BCUT2D eigenvalue weighted by Crippen LogP contribution is 2.20. The molecular formula is C9H17NO4. The van der Waals surface area contributed by atoms with Crippen molar-refractivity contribution in [3.05, 3.63) is 0 Å². The predicted molar refractivity (Wildman–Crippen MR) is 49.6 cm³/mol. The lowest BCUT2D eigenvalue weighted by Gasteiger charge is -2.40. The topological polar surface area (TPSA) is 78.8 Å². The summed E-state index contributed by atoms with van der Waals surface area (Å²) in [5.41, 5.74) is 0. The first-order chi connectivity index (χ1) is 6.43. The Labute approximate surface area is 83.1 Å². The van der Waals surface area contributed by atoms with E-state index in [1.807, 2.05) is 0 Å². The SMILES string of the molecule is CC(=O)NC1[C@H](O)[C@H](C)O[C@H](C)[C@H]1O. The Balaban J connectivity index is 2.71. The van der Waals surface area contributed by atoms with Gasteiger partial charge < -0.3 is 20.3 Å². The zero-order valence-electron chi connectivity index (χ0n) is 8.60. The van der Waals surface area contributed by atoms with Gasteiger partial charge in [0.2, 0.25) is 5.91 Å². The van der Waals surface area contributed by atoms with Crippen LogP contribution in [0.25, 0.3) is 0 Å². The monoisotopic (exact) mass is 203 g/mol. The van der Waals surface area contributed by atoms with Crippen molar-refractivity contribution >= 4 is 5.91 Å². The lowest BCUT2D eigenvalue weighted by molar-refractivity contribution is -0.174. The van der Waals surface area contributed by atoms with E-state index < -0.39 is 18.2 Å². The van der Waals surface area contributed by atoms with Crippen molar-refractivity contribution in [1.29, 1.82) is 0 Å². The van der Waals surface area contributed by atoms with Crippen LogP contribution in [-0.2, 0) is 9.53 Å². The fraction of sp³-hybridized carbons (Fsp3) is 0.889. The Bertz CT molecular complexity index is 207. The van der Waals surface area contributed by atoms with Gasteiger partial charge in [-0.1, -0.05) is 0 Å². The molecule has 0 aromatic rings. The van der Waals surface area contributed by atoms with Gasteiger partial charge in [-0.2, -0.15) is 0 Å². The quantitative estimate of drug-likeness (QED) is 0.512. The molecule has 14 heavy (non-hydrogen) atoms. The molecule has 1 saturated heterocycles. The van der Waals surface area contributed by atoms with E-state index in [0.29, 0.717) is 0 Å². The van der Waals surface area contributed by atoms with Gasteiger partial charge in [0.05, 0.1) is 18.2 Å². The number of hydrogen-bond donors (Lipinski definition) is 3. The van der Waals surface area contributed by atoms with Gasteiger partial charge in [-0.05, 0) is 13.8 Å². The van der Waals surface area contributed by atoms with E-state index in [4.69, 9.17) is 4.74 Å². The van der Waals surface area contributed by atoms with Crippen LogP contribution in [0.15, 0.2) is 0 Å². The van der Waals surface area contributed by atoms with Crippen LogP contribution in [-0.4, -0.2) is 46.6 Å². The molecule has 5 nitrogen and oxygen atoms in total. The Hall–Kier alpha value is -0.650. The lowest BCUT2D eigenvalue weighted by Crippen LogP contribution is -2.62. The number of nitrogens with one attached hydrogen (secondary N) is 1. The Morgan fingerprint density at radius 2 is 1.64 bits per heavy atom. The molecule has 1 amide bonds. The van der Waals surface area contributed by atoms with Gasteiger partial charge in [0, 0.05) is 6.92 Å². The number of carbonyl (C=O) groups excluding carboxylic acids is 1. The van der Waals surface area contributed by atoms with Crippen LogP contribution in [0.5, 0.6) is 0 Å². The second-order valence-electron chi connectivity index (χ2n) is 3.75. The number of aliphatic hydroxyl groups excluding tert-OH is 2. The van der Waals surface area contributed by atoms with Crippen LogP contribution >= 0.6 is 0 Å². The summed E-state index contributed by atoms with van der Waals surface area (Å²) >= 11 is 0. The summed E-state index contributed by atoms with van der Waals surface area (Å²) in [5, 5.41) is 21.9. The van der Waals surface area contributed by atoms with Crippen molar-refractivity contribution in [3.63, 3.8) is 0 Å². The fourth-order valence-electron chi connectivity index (χ4n) is 1.69.